The maximum absolute atomic E-state index is 12.8. The van der Waals surface area contributed by atoms with E-state index in [1.165, 1.54) is 12.5 Å². The highest BCUT2D eigenvalue weighted by Gasteiger charge is 2.29. The zero-order chi connectivity index (χ0) is 21.7. The summed E-state index contributed by atoms with van der Waals surface area (Å²) in [4.78, 5) is 39.0. The van der Waals surface area contributed by atoms with E-state index in [-0.39, 0.29) is 23.5 Å². The summed E-state index contributed by atoms with van der Waals surface area (Å²) in [6.07, 6.45) is 5.70. The van der Waals surface area contributed by atoms with Crippen LogP contribution in [0.4, 0.5) is 22.1 Å². The van der Waals surface area contributed by atoms with Gasteiger partial charge in [0.25, 0.3) is 5.91 Å². The van der Waals surface area contributed by atoms with Gasteiger partial charge >= 0.3 is 6.09 Å². The predicted molar refractivity (Wildman–Crippen MR) is 113 cm³/mol. The Hall–Kier alpha value is -3.43. The molecule has 2 aromatic heterocycles. The maximum Gasteiger partial charge on any atom is 0.410 e. The summed E-state index contributed by atoms with van der Waals surface area (Å²) in [7, 11) is 0. The van der Waals surface area contributed by atoms with Gasteiger partial charge in [0.1, 0.15) is 29.1 Å². The number of hydrogen-bond acceptors (Lipinski definition) is 8. The lowest BCUT2D eigenvalue weighted by Crippen LogP contribution is -2.47. The fourth-order valence-corrected chi connectivity index (χ4v) is 3.14. The van der Waals surface area contributed by atoms with Crippen molar-refractivity contribution in [2.24, 2.45) is 0 Å². The fourth-order valence-electron chi connectivity index (χ4n) is 3.14. The van der Waals surface area contributed by atoms with Crippen LogP contribution in [0.3, 0.4) is 0 Å². The SMILES string of the molecule is CC(C)(C)OC(=O)N1CCC[C@@H](Nc2ncnc(N)c2C(=O)Nc2cccnc2)C1. The quantitative estimate of drug-likeness (QED) is 0.696. The largest absolute Gasteiger partial charge is 0.444 e. The summed E-state index contributed by atoms with van der Waals surface area (Å²) in [6, 6.07) is 3.33. The second-order valence-electron chi connectivity index (χ2n) is 8.09. The maximum atomic E-state index is 12.8. The number of amides is 2. The third kappa shape index (κ3) is 5.56. The molecular formula is C20H27N7O3. The van der Waals surface area contributed by atoms with E-state index in [2.05, 4.69) is 25.6 Å². The minimum absolute atomic E-state index is 0.0636. The van der Waals surface area contributed by atoms with Crippen LogP contribution in [0.15, 0.2) is 30.9 Å². The van der Waals surface area contributed by atoms with Crippen molar-refractivity contribution >= 4 is 29.3 Å². The number of nitrogen functional groups attached to an aromatic ring is 1. The summed E-state index contributed by atoms with van der Waals surface area (Å²) < 4.78 is 5.47. The number of carbonyl (C=O) groups excluding carboxylic acids is 2. The molecule has 1 fully saturated rings. The number of ether oxygens (including phenoxy) is 1. The van der Waals surface area contributed by atoms with Crippen LogP contribution in [0.2, 0.25) is 0 Å². The lowest BCUT2D eigenvalue weighted by molar-refractivity contribution is 0.0206. The molecule has 0 spiro atoms. The fraction of sp³-hybridized carbons (Fsp3) is 0.450. The highest BCUT2D eigenvalue weighted by atomic mass is 16.6. The van der Waals surface area contributed by atoms with Gasteiger partial charge in [-0.25, -0.2) is 14.8 Å². The van der Waals surface area contributed by atoms with E-state index in [0.29, 0.717) is 24.6 Å². The highest BCUT2D eigenvalue weighted by molar-refractivity contribution is 6.10. The standard InChI is InChI=1S/C20H27N7O3/c1-20(2,3)30-19(29)27-9-5-7-14(11-27)25-17-15(16(21)23-12-24-17)18(28)26-13-6-4-8-22-10-13/h4,6,8,10,12,14H,5,7,9,11H2,1-3H3,(H,26,28)(H3,21,23,24,25)/t14-/m1/s1. The number of aromatic nitrogens is 3. The normalized spacial score (nSPS) is 16.6. The van der Waals surface area contributed by atoms with Crippen molar-refractivity contribution in [3.05, 3.63) is 36.4 Å². The third-order valence-corrected chi connectivity index (χ3v) is 4.44. The number of hydrogen-bond donors (Lipinski definition) is 3. The highest BCUT2D eigenvalue weighted by Crippen LogP contribution is 2.23. The van der Waals surface area contributed by atoms with E-state index < -0.39 is 11.5 Å². The Morgan fingerprint density at radius 2 is 2.10 bits per heavy atom. The van der Waals surface area contributed by atoms with Crippen LogP contribution in [-0.2, 0) is 4.74 Å². The smallest absolute Gasteiger partial charge is 0.410 e. The first-order chi connectivity index (χ1) is 14.2. The number of nitrogens with one attached hydrogen (secondary N) is 2. The molecule has 0 saturated carbocycles. The Balaban J connectivity index is 1.73. The summed E-state index contributed by atoms with van der Waals surface area (Å²) in [5, 5.41) is 5.99. The van der Waals surface area contributed by atoms with Gasteiger partial charge in [0.2, 0.25) is 0 Å². The van der Waals surface area contributed by atoms with Crippen LogP contribution >= 0.6 is 0 Å². The molecule has 0 bridgehead atoms. The average molecular weight is 413 g/mol. The molecule has 2 amide bonds. The molecular weight excluding hydrogens is 386 g/mol. The van der Waals surface area contributed by atoms with Gasteiger partial charge in [-0.15, -0.1) is 0 Å². The monoisotopic (exact) mass is 413 g/mol. The molecule has 1 aliphatic heterocycles. The van der Waals surface area contributed by atoms with Crippen LogP contribution in [0.1, 0.15) is 44.0 Å². The number of likely N-dealkylation sites (tertiary alicyclic amines) is 1. The molecule has 1 saturated heterocycles. The van der Waals surface area contributed by atoms with Crippen molar-refractivity contribution < 1.29 is 14.3 Å². The van der Waals surface area contributed by atoms with Gasteiger partial charge in [0, 0.05) is 25.3 Å². The summed E-state index contributed by atoms with van der Waals surface area (Å²) in [5.74, 6) is -0.0583. The van der Waals surface area contributed by atoms with Crippen LogP contribution in [0.5, 0.6) is 0 Å². The van der Waals surface area contributed by atoms with Crippen molar-refractivity contribution in [1.82, 2.24) is 19.9 Å². The molecule has 0 aliphatic carbocycles. The van der Waals surface area contributed by atoms with Crippen molar-refractivity contribution in [1.29, 1.82) is 0 Å². The van der Waals surface area contributed by atoms with Crippen molar-refractivity contribution in [3.63, 3.8) is 0 Å². The number of nitrogens with zero attached hydrogens (tertiary/aromatic N) is 4. The third-order valence-electron chi connectivity index (χ3n) is 4.44. The van der Waals surface area contributed by atoms with Gasteiger partial charge in [0.15, 0.2) is 0 Å². The molecule has 0 radical (unpaired) electrons. The summed E-state index contributed by atoms with van der Waals surface area (Å²) in [5.41, 5.74) is 6.10. The van der Waals surface area contributed by atoms with Gasteiger partial charge in [-0.1, -0.05) is 0 Å². The number of pyridine rings is 1. The minimum atomic E-state index is -0.559. The van der Waals surface area contributed by atoms with Gasteiger partial charge in [0.05, 0.1) is 11.9 Å². The molecule has 1 aliphatic rings. The van der Waals surface area contributed by atoms with E-state index in [4.69, 9.17) is 10.5 Å². The minimum Gasteiger partial charge on any atom is -0.444 e. The molecule has 10 nitrogen and oxygen atoms in total. The molecule has 0 aromatic carbocycles. The van der Waals surface area contributed by atoms with Gasteiger partial charge in [-0.05, 0) is 45.7 Å². The van der Waals surface area contributed by atoms with Gasteiger partial charge in [-0.3, -0.25) is 9.78 Å². The lowest BCUT2D eigenvalue weighted by Gasteiger charge is -2.34. The summed E-state index contributed by atoms with van der Waals surface area (Å²) >= 11 is 0. The number of rotatable bonds is 4. The Morgan fingerprint density at radius 3 is 2.80 bits per heavy atom. The first-order valence-corrected chi connectivity index (χ1v) is 9.79. The second kappa shape index (κ2) is 8.93. The topological polar surface area (TPSA) is 135 Å². The first-order valence-electron chi connectivity index (χ1n) is 9.79. The molecule has 0 unspecified atom stereocenters. The van der Waals surface area contributed by atoms with Crippen LogP contribution in [0.25, 0.3) is 0 Å². The van der Waals surface area contributed by atoms with E-state index >= 15 is 0 Å². The molecule has 30 heavy (non-hydrogen) atoms. The average Bonchev–Trinajstić information content (AvgIpc) is 2.67. The number of carbonyl (C=O) groups is 2. The van der Waals surface area contributed by atoms with Crippen molar-refractivity contribution in [2.45, 2.75) is 45.3 Å². The zero-order valence-corrected chi connectivity index (χ0v) is 17.4. The Labute approximate surface area is 175 Å². The molecule has 160 valence electrons. The van der Waals surface area contributed by atoms with Crippen LogP contribution in [0, 0.1) is 0 Å². The van der Waals surface area contributed by atoms with E-state index in [1.54, 1.807) is 23.2 Å². The number of nitrogens with two attached hydrogens (primary N) is 1. The Morgan fingerprint density at radius 1 is 1.30 bits per heavy atom. The summed E-state index contributed by atoms with van der Waals surface area (Å²) in [6.45, 7) is 6.56. The lowest BCUT2D eigenvalue weighted by atomic mass is 10.1. The second-order valence-corrected chi connectivity index (χ2v) is 8.09. The first kappa shape index (κ1) is 21.3. The molecule has 10 heteroatoms. The van der Waals surface area contributed by atoms with E-state index in [1.807, 2.05) is 20.8 Å². The van der Waals surface area contributed by atoms with Crippen molar-refractivity contribution in [2.75, 3.05) is 29.5 Å². The predicted octanol–water partition coefficient (Wildman–Crippen LogP) is 2.52. The van der Waals surface area contributed by atoms with E-state index in [0.717, 1.165) is 12.8 Å². The van der Waals surface area contributed by atoms with Gasteiger partial charge in [-0.2, -0.15) is 0 Å². The Kier molecular flexibility index (Phi) is 6.34. The van der Waals surface area contributed by atoms with Crippen LogP contribution < -0.4 is 16.4 Å². The van der Waals surface area contributed by atoms with Crippen LogP contribution in [-0.4, -0.2) is 56.6 Å². The molecule has 3 rings (SSSR count). The molecule has 3 heterocycles. The zero-order valence-electron chi connectivity index (χ0n) is 17.4. The molecule has 2 aromatic rings. The van der Waals surface area contributed by atoms with Gasteiger partial charge < -0.3 is 26.0 Å². The van der Waals surface area contributed by atoms with Crippen molar-refractivity contribution in [3.8, 4) is 0 Å². The Bertz CT molecular complexity index is 899. The number of anilines is 3. The molecule has 1 atom stereocenters. The van der Waals surface area contributed by atoms with E-state index in [9.17, 15) is 9.59 Å². The number of piperidine rings is 1. The molecule has 4 N–H and O–H groups in total.